The van der Waals surface area contributed by atoms with Crippen molar-refractivity contribution in [2.75, 3.05) is 6.61 Å². The highest BCUT2D eigenvalue weighted by Crippen LogP contribution is 2.44. The van der Waals surface area contributed by atoms with E-state index in [0.29, 0.717) is 19.3 Å². The molecule has 2 aromatic carbocycles. The number of benzene rings is 2. The molecule has 3 rings (SSSR count). The minimum atomic E-state index is -1.09. The molecule has 0 unspecified atom stereocenters. The van der Waals surface area contributed by atoms with Crippen LogP contribution in [0.5, 0.6) is 0 Å². The zero-order valence-corrected chi connectivity index (χ0v) is 17.1. The van der Waals surface area contributed by atoms with Gasteiger partial charge in [-0.05, 0) is 42.0 Å². The normalized spacial score (nSPS) is 13.2. The van der Waals surface area contributed by atoms with Gasteiger partial charge in [0.15, 0.2) is 0 Å². The third kappa shape index (κ3) is 5.26. The number of alkyl carbamates (subject to hydrolysis) is 1. The number of carboxylic acid groups (broad SMARTS) is 1. The van der Waals surface area contributed by atoms with Gasteiger partial charge in [0.1, 0.15) is 18.4 Å². The van der Waals surface area contributed by atoms with E-state index in [1.165, 1.54) is 0 Å². The first-order valence-electron chi connectivity index (χ1n) is 10.3. The van der Waals surface area contributed by atoms with Crippen molar-refractivity contribution in [1.29, 1.82) is 0 Å². The first-order valence-corrected chi connectivity index (χ1v) is 10.3. The molecule has 2 N–H and O–H groups in total. The first-order chi connectivity index (χ1) is 14.5. The predicted octanol–water partition coefficient (Wildman–Crippen LogP) is 4.52. The van der Waals surface area contributed by atoms with E-state index >= 15 is 0 Å². The summed E-state index contributed by atoms with van der Waals surface area (Å²) in [7, 11) is 0. The average molecular weight is 409 g/mol. The highest BCUT2D eigenvalue weighted by Gasteiger charge is 2.29. The summed E-state index contributed by atoms with van der Waals surface area (Å²) in [6.07, 6.45) is 2.17. The highest BCUT2D eigenvalue weighted by molar-refractivity contribution is 5.81. The van der Waals surface area contributed by atoms with Crippen LogP contribution in [0.25, 0.3) is 11.1 Å². The standard InChI is InChI=1S/C24H27NO5/c1-16(26)9-3-2-4-14-22(23(27)28)25-24(29)30-15-21-19-12-7-5-10-17(19)18-11-6-8-13-20(18)21/h5-8,10-13,21-22H,2-4,9,14-15H2,1H3,(H,25,29)(H,27,28)/t22-/m0/s1. The Morgan fingerprint density at radius 2 is 1.57 bits per heavy atom. The van der Waals surface area contributed by atoms with Gasteiger partial charge in [-0.1, -0.05) is 61.4 Å². The topological polar surface area (TPSA) is 92.7 Å². The monoisotopic (exact) mass is 409 g/mol. The minimum Gasteiger partial charge on any atom is -0.480 e. The minimum absolute atomic E-state index is 0.0713. The average Bonchev–Trinajstić information content (AvgIpc) is 3.04. The molecule has 1 atom stereocenters. The van der Waals surface area contributed by atoms with Crippen LogP contribution in [0, 0.1) is 0 Å². The zero-order valence-electron chi connectivity index (χ0n) is 17.1. The van der Waals surface area contributed by atoms with Gasteiger partial charge in [0, 0.05) is 12.3 Å². The van der Waals surface area contributed by atoms with Crippen molar-refractivity contribution >= 4 is 17.8 Å². The third-order valence-corrected chi connectivity index (χ3v) is 5.46. The van der Waals surface area contributed by atoms with Crippen LogP contribution >= 0.6 is 0 Å². The fraction of sp³-hybridized carbons (Fsp3) is 0.375. The van der Waals surface area contributed by atoms with Gasteiger partial charge in [0.25, 0.3) is 0 Å². The van der Waals surface area contributed by atoms with Crippen molar-refractivity contribution < 1.29 is 24.2 Å². The molecule has 0 spiro atoms. The van der Waals surface area contributed by atoms with Gasteiger partial charge in [-0.15, -0.1) is 0 Å². The lowest BCUT2D eigenvalue weighted by Crippen LogP contribution is -2.41. The Bertz CT molecular complexity index is 878. The molecule has 0 fully saturated rings. The third-order valence-electron chi connectivity index (χ3n) is 5.46. The van der Waals surface area contributed by atoms with Gasteiger partial charge in [-0.25, -0.2) is 9.59 Å². The van der Waals surface area contributed by atoms with Gasteiger partial charge in [0.05, 0.1) is 0 Å². The van der Waals surface area contributed by atoms with Crippen LogP contribution in [0.4, 0.5) is 4.79 Å². The number of carbonyl (C=O) groups is 3. The Hall–Kier alpha value is -3.15. The number of hydrogen-bond donors (Lipinski definition) is 2. The fourth-order valence-corrected chi connectivity index (χ4v) is 3.94. The Morgan fingerprint density at radius 1 is 0.967 bits per heavy atom. The molecule has 1 amide bonds. The summed E-state index contributed by atoms with van der Waals surface area (Å²) >= 11 is 0. The second kappa shape index (κ2) is 10.1. The Morgan fingerprint density at radius 3 is 2.13 bits per heavy atom. The first kappa shape index (κ1) is 21.6. The number of carboxylic acids is 1. The van der Waals surface area contributed by atoms with E-state index in [1.54, 1.807) is 6.92 Å². The maximum atomic E-state index is 12.3. The molecular formula is C24H27NO5. The summed E-state index contributed by atoms with van der Waals surface area (Å²) in [5, 5.41) is 11.8. The molecule has 0 heterocycles. The van der Waals surface area contributed by atoms with E-state index in [1.807, 2.05) is 36.4 Å². The molecule has 6 heteroatoms. The lowest BCUT2D eigenvalue weighted by Gasteiger charge is -2.17. The molecule has 2 aromatic rings. The number of nitrogens with one attached hydrogen (secondary N) is 1. The van der Waals surface area contributed by atoms with E-state index in [9.17, 15) is 19.5 Å². The summed E-state index contributed by atoms with van der Waals surface area (Å²) in [6, 6.07) is 15.1. The lowest BCUT2D eigenvalue weighted by atomic mass is 9.98. The Balaban J connectivity index is 1.54. The van der Waals surface area contributed by atoms with Crippen molar-refractivity contribution in [3.05, 3.63) is 59.7 Å². The predicted molar refractivity (Wildman–Crippen MR) is 113 cm³/mol. The number of carbonyl (C=O) groups excluding carboxylic acids is 2. The number of ether oxygens (including phenoxy) is 1. The van der Waals surface area contributed by atoms with Crippen LogP contribution in [0.2, 0.25) is 0 Å². The molecule has 0 saturated carbocycles. The number of fused-ring (bicyclic) bond motifs is 3. The molecular weight excluding hydrogens is 382 g/mol. The Labute approximate surface area is 176 Å². The van der Waals surface area contributed by atoms with Crippen molar-refractivity contribution in [3.63, 3.8) is 0 Å². The van der Waals surface area contributed by atoms with E-state index < -0.39 is 18.1 Å². The van der Waals surface area contributed by atoms with Gasteiger partial charge in [-0.2, -0.15) is 0 Å². The number of aliphatic carboxylic acids is 1. The van der Waals surface area contributed by atoms with E-state index in [4.69, 9.17) is 4.74 Å². The number of unbranched alkanes of at least 4 members (excludes halogenated alkanes) is 2. The molecule has 0 saturated heterocycles. The molecule has 158 valence electrons. The molecule has 0 radical (unpaired) electrons. The summed E-state index contributed by atoms with van der Waals surface area (Å²) in [5.41, 5.74) is 4.48. The number of Topliss-reactive ketones (excluding diaryl/α,β-unsaturated/α-hetero) is 1. The molecule has 0 aliphatic heterocycles. The Kier molecular flexibility index (Phi) is 7.22. The number of hydrogen-bond acceptors (Lipinski definition) is 4. The zero-order chi connectivity index (χ0) is 21.5. The van der Waals surface area contributed by atoms with Crippen LogP contribution in [0.1, 0.15) is 56.1 Å². The SMILES string of the molecule is CC(=O)CCCCC[C@H](NC(=O)OCC1c2ccccc2-c2ccccc21)C(=O)O. The van der Waals surface area contributed by atoms with E-state index in [-0.39, 0.29) is 18.3 Å². The van der Waals surface area contributed by atoms with Crippen molar-refractivity contribution in [1.82, 2.24) is 5.32 Å². The second-order valence-electron chi connectivity index (χ2n) is 7.66. The summed E-state index contributed by atoms with van der Waals surface area (Å²) in [5.74, 6) is -1.03. The van der Waals surface area contributed by atoms with Crippen molar-refractivity contribution in [3.8, 4) is 11.1 Å². The quantitative estimate of drug-likeness (QED) is 0.563. The number of rotatable bonds is 10. The number of ketones is 1. The fourth-order valence-electron chi connectivity index (χ4n) is 3.94. The van der Waals surface area contributed by atoms with Gasteiger partial charge >= 0.3 is 12.1 Å². The van der Waals surface area contributed by atoms with Crippen molar-refractivity contribution in [2.24, 2.45) is 0 Å². The van der Waals surface area contributed by atoms with Gasteiger partial charge in [-0.3, -0.25) is 0 Å². The summed E-state index contributed by atoms with van der Waals surface area (Å²) in [6.45, 7) is 1.68. The second-order valence-corrected chi connectivity index (χ2v) is 7.66. The molecule has 0 aromatic heterocycles. The molecule has 30 heavy (non-hydrogen) atoms. The van der Waals surface area contributed by atoms with Gasteiger partial charge < -0.3 is 20.0 Å². The van der Waals surface area contributed by atoms with E-state index in [0.717, 1.165) is 35.1 Å². The highest BCUT2D eigenvalue weighted by atomic mass is 16.5. The largest absolute Gasteiger partial charge is 0.480 e. The smallest absolute Gasteiger partial charge is 0.407 e. The van der Waals surface area contributed by atoms with Crippen LogP contribution in [0.15, 0.2) is 48.5 Å². The molecule has 6 nitrogen and oxygen atoms in total. The van der Waals surface area contributed by atoms with Crippen LogP contribution in [0.3, 0.4) is 0 Å². The van der Waals surface area contributed by atoms with Crippen LogP contribution < -0.4 is 5.32 Å². The molecule has 1 aliphatic rings. The summed E-state index contributed by atoms with van der Waals surface area (Å²) in [4.78, 5) is 34.7. The number of amides is 1. The maximum Gasteiger partial charge on any atom is 0.407 e. The van der Waals surface area contributed by atoms with Gasteiger partial charge in [0.2, 0.25) is 0 Å². The van der Waals surface area contributed by atoms with Crippen LogP contribution in [-0.2, 0) is 14.3 Å². The maximum absolute atomic E-state index is 12.3. The summed E-state index contributed by atoms with van der Waals surface area (Å²) < 4.78 is 5.42. The van der Waals surface area contributed by atoms with E-state index in [2.05, 4.69) is 17.4 Å². The lowest BCUT2D eigenvalue weighted by molar-refractivity contribution is -0.139. The molecule has 0 bridgehead atoms. The molecule has 1 aliphatic carbocycles. The van der Waals surface area contributed by atoms with Crippen LogP contribution in [-0.4, -0.2) is 35.6 Å². The van der Waals surface area contributed by atoms with Crippen molar-refractivity contribution in [2.45, 2.75) is 51.0 Å².